The molecule has 3 aromatic rings. The summed E-state index contributed by atoms with van der Waals surface area (Å²) in [5.41, 5.74) is 4.52. The van der Waals surface area contributed by atoms with E-state index in [1.54, 1.807) is 12.2 Å². The number of esters is 1. The van der Waals surface area contributed by atoms with Crippen LogP contribution < -0.4 is 0 Å². The molecule has 0 unspecified atom stereocenters. The monoisotopic (exact) mass is 682 g/mol. The largest absolute Gasteiger partial charge is 0.489 e. The molecule has 42 heavy (non-hydrogen) atoms. The Bertz CT molecular complexity index is 1820. The van der Waals surface area contributed by atoms with Crippen molar-refractivity contribution in [1.29, 1.82) is 5.26 Å². The highest BCUT2D eigenvalue weighted by atomic mass is 79.9. The maximum Gasteiger partial charge on any atom is 0.355 e. The summed E-state index contributed by atoms with van der Waals surface area (Å²) in [7, 11) is 0. The number of allylic oxidation sites excluding steroid dienone is 7. The fraction of sp³-hybridized carbons (Fsp3) is 0.147. The van der Waals surface area contributed by atoms with E-state index in [4.69, 9.17) is 15.7 Å². The van der Waals surface area contributed by atoms with Crippen molar-refractivity contribution in [3.05, 3.63) is 127 Å². The van der Waals surface area contributed by atoms with E-state index in [-0.39, 0.29) is 16.7 Å². The van der Waals surface area contributed by atoms with Crippen LogP contribution >= 0.6 is 31.9 Å². The number of hydrogen-bond donors (Lipinski definition) is 1. The Morgan fingerprint density at radius 3 is 2.26 bits per heavy atom. The number of cyclic esters (lactones) is 1. The van der Waals surface area contributed by atoms with Gasteiger partial charge in [-0.2, -0.15) is 5.26 Å². The van der Waals surface area contributed by atoms with Crippen LogP contribution in [0, 0.1) is 23.3 Å². The van der Waals surface area contributed by atoms with Crippen molar-refractivity contribution in [2.24, 2.45) is 5.41 Å². The standard InChI is InChI=1S/C34H24Br2N2O4/c1-34(2)17-20(4-14-27-29(26(19-37)32(39)41-27)22-6-10-24(35)11-7-22)16-21(18-34)5-15-28-30(31(38-3)33(40)42-28)23-8-12-25(36)13-9-23/h4-16,40H,17-18H2,1-2H3. The molecule has 0 amide bonds. The number of nitriles is 1. The van der Waals surface area contributed by atoms with Crippen molar-refractivity contribution >= 4 is 55.2 Å². The fourth-order valence-corrected chi connectivity index (χ4v) is 5.71. The number of halogens is 2. The minimum Gasteiger partial charge on any atom is -0.489 e. The number of furan rings is 1. The normalized spacial score (nSPS) is 18.3. The first kappa shape index (κ1) is 29.1. The van der Waals surface area contributed by atoms with Gasteiger partial charge < -0.3 is 14.3 Å². The average Bonchev–Trinajstić information content (AvgIpc) is 3.45. The van der Waals surface area contributed by atoms with Gasteiger partial charge >= 0.3 is 5.97 Å². The van der Waals surface area contributed by atoms with E-state index in [1.807, 2.05) is 66.8 Å². The van der Waals surface area contributed by atoms with E-state index >= 15 is 0 Å². The van der Waals surface area contributed by atoms with Crippen LogP contribution in [0.5, 0.6) is 5.95 Å². The minimum absolute atomic E-state index is 0.0211. The van der Waals surface area contributed by atoms with Crippen LogP contribution in [0.4, 0.5) is 5.69 Å². The van der Waals surface area contributed by atoms with Gasteiger partial charge in [-0.1, -0.05) is 88.2 Å². The summed E-state index contributed by atoms with van der Waals surface area (Å²) >= 11 is 6.85. The SMILES string of the molecule is [C-]#[N+]c1c(O)oc(C=CC2=CC(=CC=C3OC(=O)C(C#N)=C3c3ccc(Br)cc3)CC(C)(C)C2)c1-c1ccc(Br)cc1. The molecular formula is C34H24Br2N2O4. The zero-order chi connectivity index (χ0) is 30.0. The Morgan fingerprint density at radius 2 is 1.64 bits per heavy atom. The summed E-state index contributed by atoms with van der Waals surface area (Å²) in [6, 6.07) is 16.8. The maximum absolute atomic E-state index is 12.4. The number of carbonyl (C=O) groups is 1. The van der Waals surface area contributed by atoms with E-state index in [2.05, 4.69) is 56.6 Å². The van der Waals surface area contributed by atoms with Crippen molar-refractivity contribution in [3.8, 4) is 23.1 Å². The topological polar surface area (TPSA) is 87.8 Å². The van der Waals surface area contributed by atoms with Crippen LogP contribution in [0.2, 0.25) is 0 Å². The van der Waals surface area contributed by atoms with Gasteiger partial charge in [0.25, 0.3) is 11.6 Å². The predicted octanol–water partition coefficient (Wildman–Crippen LogP) is 9.83. The van der Waals surface area contributed by atoms with Crippen molar-refractivity contribution < 1.29 is 19.1 Å². The van der Waals surface area contributed by atoms with Crippen LogP contribution in [0.3, 0.4) is 0 Å². The first-order chi connectivity index (χ1) is 20.1. The minimum atomic E-state index is -0.662. The first-order valence-electron chi connectivity index (χ1n) is 13.0. The molecule has 0 spiro atoms. The second-order valence-electron chi connectivity index (χ2n) is 10.7. The molecule has 208 valence electrons. The van der Waals surface area contributed by atoms with E-state index in [9.17, 15) is 15.2 Å². The van der Waals surface area contributed by atoms with Crippen LogP contribution in [0.25, 0.3) is 27.6 Å². The fourth-order valence-electron chi connectivity index (χ4n) is 5.18. The molecule has 0 bridgehead atoms. The maximum atomic E-state index is 12.4. The Morgan fingerprint density at radius 1 is 1.00 bits per heavy atom. The van der Waals surface area contributed by atoms with Gasteiger partial charge in [-0.15, -0.1) is 0 Å². The molecule has 2 heterocycles. The smallest absolute Gasteiger partial charge is 0.355 e. The molecular weight excluding hydrogens is 660 g/mol. The van der Waals surface area contributed by atoms with E-state index in [0.29, 0.717) is 22.7 Å². The van der Waals surface area contributed by atoms with Crippen molar-refractivity contribution in [1.82, 2.24) is 0 Å². The zero-order valence-electron chi connectivity index (χ0n) is 22.7. The number of hydrogen-bond acceptors (Lipinski definition) is 5. The first-order valence-corrected chi connectivity index (χ1v) is 14.6. The lowest BCUT2D eigenvalue weighted by molar-refractivity contribution is -0.132. The molecule has 2 aliphatic rings. The molecule has 1 N–H and O–H groups in total. The highest BCUT2D eigenvalue weighted by Gasteiger charge is 2.31. The molecule has 6 nitrogen and oxygen atoms in total. The average molecular weight is 684 g/mol. The summed E-state index contributed by atoms with van der Waals surface area (Å²) in [4.78, 5) is 15.9. The Balaban J connectivity index is 1.50. The molecule has 1 aliphatic carbocycles. The van der Waals surface area contributed by atoms with Gasteiger partial charge in [-0.05, 0) is 76.9 Å². The number of carbonyl (C=O) groups excluding carboxylic acids is 1. The summed E-state index contributed by atoms with van der Waals surface area (Å²) < 4.78 is 12.9. The second-order valence-corrected chi connectivity index (χ2v) is 12.5. The molecule has 0 fully saturated rings. The van der Waals surface area contributed by atoms with E-state index in [0.717, 1.165) is 44.1 Å². The molecule has 5 rings (SSSR count). The van der Waals surface area contributed by atoms with Crippen LogP contribution in [0.1, 0.15) is 38.0 Å². The second kappa shape index (κ2) is 11.9. The van der Waals surface area contributed by atoms with Crippen molar-refractivity contribution in [2.45, 2.75) is 26.7 Å². The van der Waals surface area contributed by atoms with Gasteiger partial charge in [-0.25, -0.2) is 9.64 Å². The Kier molecular flexibility index (Phi) is 8.22. The summed E-state index contributed by atoms with van der Waals surface area (Å²) in [6.45, 7) is 11.9. The Labute approximate surface area is 260 Å². The van der Waals surface area contributed by atoms with Gasteiger partial charge in [0.2, 0.25) is 0 Å². The van der Waals surface area contributed by atoms with Gasteiger partial charge in [0.1, 0.15) is 23.2 Å². The molecule has 0 atom stereocenters. The Hall–Kier alpha value is -4.37. The third-order valence-corrected chi connectivity index (χ3v) is 7.98. The number of benzene rings is 2. The lowest BCUT2D eigenvalue weighted by Gasteiger charge is -2.30. The van der Waals surface area contributed by atoms with Gasteiger partial charge in [-0.3, -0.25) is 0 Å². The quantitative estimate of drug-likeness (QED) is 0.214. The number of rotatable bonds is 5. The van der Waals surface area contributed by atoms with Crippen LogP contribution in [0.15, 0.2) is 109 Å². The third kappa shape index (κ3) is 6.11. The lowest BCUT2D eigenvalue weighted by atomic mass is 9.75. The van der Waals surface area contributed by atoms with Gasteiger partial charge in [0, 0.05) is 20.1 Å². The molecule has 2 aromatic carbocycles. The highest BCUT2D eigenvalue weighted by molar-refractivity contribution is 9.10. The third-order valence-electron chi connectivity index (χ3n) is 6.92. The van der Waals surface area contributed by atoms with Crippen LogP contribution in [-0.2, 0) is 9.53 Å². The van der Waals surface area contributed by atoms with E-state index < -0.39 is 11.9 Å². The molecule has 1 aliphatic heterocycles. The number of nitrogens with zero attached hydrogens (tertiary/aromatic N) is 2. The number of aromatic hydroxyl groups is 1. The highest BCUT2D eigenvalue weighted by Crippen LogP contribution is 2.45. The lowest BCUT2D eigenvalue weighted by Crippen LogP contribution is -2.16. The molecule has 0 radical (unpaired) electrons. The van der Waals surface area contributed by atoms with Gasteiger partial charge in [0.15, 0.2) is 0 Å². The van der Waals surface area contributed by atoms with E-state index in [1.165, 1.54) is 0 Å². The predicted molar refractivity (Wildman–Crippen MR) is 169 cm³/mol. The zero-order valence-corrected chi connectivity index (χ0v) is 25.9. The van der Waals surface area contributed by atoms with Crippen molar-refractivity contribution in [3.63, 3.8) is 0 Å². The van der Waals surface area contributed by atoms with Crippen LogP contribution in [-0.4, -0.2) is 11.1 Å². The molecule has 0 saturated carbocycles. The summed E-state index contributed by atoms with van der Waals surface area (Å²) in [6.07, 6.45) is 11.0. The van der Waals surface area contributed by atoms with Crippen molar-refractivity contribution in [2.75, 3.05) is 0 Å². The molecule has 0 saturated heterocycles. The number of ether oxygens (including phenoxy) is 1. The molecule has 8 heteroatoms. The summed E-state index contributed by atoms with van der Waals surface area (Å²) in [5, 5.41) is 20.0. The summed E-state index contributed by atoms with van der Waals surface area (Å²) in [5.74, 6) is -0.350. The molecule has 1 aromatic heterocycles. The van der Waals surface area contributed by atoms with Gasteiger partial charge in [0.05, 0.1) is 6.57 Å².